The number of hydrogen-bond acceptors (Lipinski definition) is 6. The number of nitrogens with two attached hydrogens (primary N) is 1. The second-order valence-corrected chi connectivity index (χ2v) is 6.87. The molecule has 0 bridgehead atoms. The largest absolute Gasteiger partial charge is 0.479 e. The van der Waals surface area contributed by atoms with E-state index in [-0.39, 0.29) is 25.9 Å². The van der Waals surface area contributed by atoms with Crippen LogP contribution in [-0.4, -0.2) is 57.9 Å². The lowest BCUT2D eigenvalue weighted by molar-refractivity contribution is -0.168. The summed E-state index contributed by atoms with van der Waals surface area (Å²) in [6.07, 6.45) is 0.181. The summed E-state index contributed by atoms with van der Waals surface area (Å²) in [5, 5.41) is 9.89. The van der Waals surface area contributed by atoms with Crippen LogP contribution in [0.25, 0.3) is 0 Å². The summed E-state index contributed by atoms with van der Waals surface area (Å²) in [6, 6.07) is 6.99. The fourth-order valence-corrected chi connectivity index (χ4v) is 3.65. The SMILES string of the molecule is CCOC(=O)C(CCc1ccccc1)N1C(=O)CCC1(C(=O)O)C(=O)C(C)N. The van der Waals surface area contributed by atoms with Gasteiger partial charge in [-0.3, -0.25) is 9.59 Å². The fourth-order valence-electron chi connectivity index (χ4n) is 3.65. The summed E-state index contributed by atoms with van der Waals surface area (Å²) in [5.74, 6) is -3.56. The van der Waals surface area contributed by atoms with E-state index in [0.717, 1.165) is 10.5 Å². The Balaban J connectivity index is 2.44. The Labute approximate surface area is 163 Å². The lowest BCUT2D eigenvalue weighted by Crippen LogP contribution is -2.65. The van der Waals surface area contributed by atoms with E-state index in [4.69, 9.17) is 10.5 Å². The van der Waals surface area contributed by atoms with Gasteiger partial charge in [0.25, 0.3) is 0 Å². The second kappa shape index (κ2) is 8.97. The van der Waals surface area contributed by atoms with E-state index in [1.54, 1.807) is 6.92 Å². The van der Waals surface area contributed by atoms with Gasteiger partial charge in [0.05, 0.1) is 12.6 Å². The number of carboxylic acids is 1. The lowest BCUT2D eigenvalue weighted by atomic mass is 9.85. The van der Waals surface area contributed by atoms with E-state index in [0.29, 0.717) is 6.42 Å². The molecule has 8 nitrogen and oxygen atoms in total. The molecule has 2 rings (SSSR count). The van der Waals surface area contributed by atoms with Crippen LogP contribution in [0, 0.1) is 0 Å². The Kier molecular flexibility index (Phi) is 6.90. The molecule has 0 radical (unpaired) electrons. The van der Waals surface area contributed by atoms with E-state index in [1.807, 2.05) is 30.3 Å². The third-order valence-corrected chi connectivity index (χ3v) is 4.98. The molecule has 3 unspecified atom stereocenters. The minimum atomic E-state index is -2.15. The van der Waals surface area contributed by atoms with Crippen LogP contribution >= 0.6 is 0 Å². The number of hydrogen-bond donors (Lipinski definition) is 2. The molecule has 0 saturated carbocycles. The van der Waals surface area contributed by atoms with E-state index < -0.39 is 41.3 Å². The van der Waals surface area contributed by atoms with Crippen molar-refractivity contribution in [2.24, 2.45) is 5.73 Å². The van der Waals surface area contributed by atoms with Crippen molar-refractivity contribution in [3.8, 4) is 0 Å². The first-order chi connectivity index (χ1) is 13.3. The lowest BCUT2D eigenvalue weighted by Gasteiger charge is -2.38. The zero-order valence-electron chi connectivity index (χ0n) is 16.1. The number of ether oxygens (including phenoxy) is 1. The van der Waals surface area contributed by atoms with Crippen molar-refractivity contribution in [1.29, 1.82) is 0 Å². The highest BCUT2D eigenvalue weighted by Crippen LogP contribution is 2.36. The Hall–Kier alpha value is -2.74. The van der Waals surface area contributed by atoms with Gasteiger partial charge < -0.3 is 20.5 Å². The number of carbonyl (C=O) groups is 4. The van der Waals surface area contributed by atoms with Crippen LogP contribution in [0.1, 0.15) is 38.7 Å². The number of benzene rings is 1. The highest BCUT2D eigenvalue weighted by molar-refractivity contribution is 6.14. The van der Waals surface area contributed by atoms with Crippen molar-refractivity contribution in [3.63, 3.8) is 0 Å². The number of likely N-dealkylation sites (tertiary alicyclic amines) is 1. The molecule has 1 saturated heterocycles. The molecule has 1 fully saturated rings. The molecule has 0 aliphatic carbocycles. The Morgan fingerprint density at radius 1 is 1.29 bits per heavy atom. The van der Waals surface area contributed by atoms with Crippen LogP contribution in [0.4, 0.5) is 0 Å². The number of carboxylic acid groups (broad SMARTS) is 1. The summed E-state index contributed by atoms with van der Waals surface area (Å²) < 4.78 is 5.10. The van der Waals surface area contributed by atoms with Crippen molar-refractivity contribution in [3.05, 3.63) is 35.9 Å². The number of aryl methyl sites for hydroxylation is 1. The monoisotopic (exact) mass is 390 g/mol. The normalized spacial score (nSPS) is 21.2. The first kappa shape index (κ1) is 21.6. The summed E-state index contributed by atoms with van der Waals surface area (Å²) >= 11 is 0. The van der Waals surface area contributed by atoms with Crippen LogP contribution in [0.2, 0.25) is 0 Å². The van der Waals surface area contributed by atoms with Gasteiger partial charge >= 0.3 is 11.9 Å². The summed E-state index contributed by atoms with van der Waals surface area (Å²) in [4.78, 5) is 51.1. The smallest absolute Gasteiger partial charge is 0.337 e. The third kappa shape index (κ3) is 4.06. The summed E-state index contributed by atoms with van der Waals surface area (Å²) in [5.41, 5.74) is 4.45. The third-order valence-electron chi connectivity index (χ3n) is 4.98. The number of Topliss-reactive ketones (excluding diaryl/α,β-unsaturated/α-hetero) is 1. The summed E-state index contributed by atoms with van der Waals surface area (Å²) in [7, 11) is 0. The molecular weight excluding hydrogens is 364 g/mol. The highest BCUT2D eigenvalue weighted by atomic mass is 16.5. The van der Waals surface area contributed by atoms with Crippen LogP contribution < -0.4 is 5.73 Å². The predicted octanol–water partition coefficient (Wildman–Crippen LogP) is 0.913. The van der Waals surface area contributed by atoms with E-state index >= 15 is 0 Å². The Morgan fingerprint density at radius 3 is 2.46 bits per heavy atom. The molecule has 3 N–H and O–H groups in total. The molecule has 1 aliphatic rings. The maximum Gasteiger partial charge on any atom is 0.337 e. The number of nitrogens with zero attached hydrogens (tertiary/aromatic N) is 1. The molecule has 1 aliphatic heterocycles. The average molecular weight is 390 g/mol. The van der Waals surface area contributed by atoms with E-state index in [1.165, 1.54) is 6.92 Å². The molecule has 28 heavy (non-hydrogen) atoms. The molecule has 8 heteroatoms. The van der Waals surface area contributed by atoms with Crippen LogP contribution in [0.5, 0.6) is 0 Å². The van der Waals surface area contributed by atoms with Gasteiger partial charge in [-0.2, -0.15) is 0 Å². The topological polar surface area (TPSA) is 127 Å². The number of aliphatic carboxylic acids is 1. The van der Waals surface area contributed by atoms with Crippen molar-refractivity contribution < 1.29 is 29.0 Å². The van der Waals surface area contributed by atoms with Crippen LogP contribution in [0.15, 0.2) is 30.3 Å². The van der Waals surface area contributed by atoms with E-state index in [2.05, 4.69) is 0 Å². The number of rotatable bonds is 9. The maximum absolute atomic E-state index is 12.8. The van der Waals surface area contributed by atoms with Crippen molar-refractivity contribution in [2.45, 2.75) is 57.2 Å². The quantitative estimate of drug-likeness (QED) is 0.474. The first-order valence-electron chi connectivity index (χ1n) is 9.31. The molecule has 3 atom stereocenters. The molecule has 1 heterocycles. The van der Waals surface area contributed by atoms with Gasteiger partial charge in [-0.15, -0.1) is 0 Å². The molecular formula is C20H26N2O6. The van der Waals surface area contributed by atoms with Crippen molar-refractivity contribution in [1.82, 2.24) is 4.90 Å². The number of esters is 1. The zero-order valence-corrected chi connectivity index (χ0v) is 16.1. The van der Waals surface area contributed by atoms with E-state index in [9.17, 15) is 24.3 Å². The Morgan fingerprint density at radius 2 is 1.93 bits per heavy atom. The van der Waals surface area contributed by atoms with Crippen LogP contribution in [0.3, 0.4) is 0 Å². The van der Waals surface area contributed by atoms with Crippen LogP contribution in [-0.2, 0) is 30.3 Å². The second-order valence-electron chi connectivity index (χ2n) is 6.87. The van der Waals surface area contributed by atoms with Gasteiger partial charge in [0.1, 0.15) is 6.04 Å². The Bertz CT molecular complexity index is 748. The van der Waals surface area contributed by atoms with Gasteiger partial charge in [0.15, 0.2) is 5.78 Å². The molecule has 1 aromatic carbocycles. The highest BCUT2D eigenvalue weighted by Gasteiger charge is 2.60. The summed E-state index contributed by atoms with van der Waals surface area (Å²) in [6.45, 7) is 3.07. The van der Waals surface area contributed by atoms with Gasteiger partial charge in [-0.1, -0.05) is 30.3 Å². The number of ketones is 1. The van der Waals surface area contributed by atoms with Gasteiger partial charge in [0, 0.05) is 6.42 Å². The standard InChI is InChI=1S/C20H26N2O6/c1-3-28-18(25)15(10-9-14-7-5-4-6-8-14)22-16(23)11-12-20(22,19(26)27)17(24)13(2)21/h4-8,13,15H,3,9-12,21H2,1-2H3,(H,26,27). The fraction of sp³-hybridized carbons (Fsp3) is 0.500. The van der Waals surface area contributed by atoms with Crippen molar-refractivity contribution in [2.75, 3.05) is 6.61 Å². The molecule has 0 spiro atoms. The maximum atomic E-state index is 12.8. The number of amides is 1. The number of carbonyl (C=O) groups excluding carboxylic acids is 3. The van der Waals surface area contributed by atoms with Gasteiger partial charge in [-0.25, -0.2) is 9.59 Å². The minimum Gasteiger partial charge on any atom is -0.479 e. The van der Waals surface area contributed by atoms with Gasteiger partial charge in [0.2, 0.25) is 11.4 Å². The van der Waals surface area contributed by atoms with Crippen molar-refractivity contribution >= 4 is 23.6 Å². The molecule has 0 aromatic heterocycles. The minimum absolute atomic E-state index is 0.0734. The first-order valence-corrected chi connectivity index (χ1v) is 9.31. The predicted molar refractivity (Wildman–Crippen MR) is 100 cm³/mol. The molecule has 152 valence electrons. The average Bonchev–Trinajstić information content (AvgIpc) is 3.01. The molecule has 1 amide bonds. The van der Waals surface area contributed by atoms with Gasteiger partial charge in [-0.05, 0) is 38.7 Å². The zero-order chi connectivity index (χ0) is 20.9. The molecule has 1 aromatic rings.